The standard InChI is InChI=1S/C13H26N2O2/c1-9(2)10(3)13(17)15-12(11(4)16)7-5-6-8-14/h9-10,12H,5-8,14H2,1-4H3,(H,15,17)/t10-,12-/m0/s1. The fourth-order valence-electron chi connectivity index (χ4n) is 1.48. The van der Waals surface area contributed by atoms with E-state index in [4.69, 9.17) is 5.73 Å². The molecule has 0 aliphatic heterocycles. The molecular formula is C13H26N2O2. The molecule has 0 saturated heterocycles. The summed E-state index contributed by atoms with van der Waals surface area (Å²) in [7, 11) is 0. The number of nitrogens with one attached hydrogen (secondary N) is 1. The smallest absolute Gasteiger partial charge is 0.223 e. The zero-order chi connectivity index (χ0) is 13.4. The SMILES string of the molecule is CC(=O)[C@H](CCCCN)NC(=O)[C@@H](C)C(C)C. The maximum Gasteiger partial charge on any atom is 0.223 e. The van der Waals surface area contributed by atoms with E-state index in [2.05, 4.69) is 5.32 Å². The molecule has 0 saturated carbocycles. The number of carbonyl (C=O) groups excluding carboxylic acids is 2. The molecule has 4 nitrogen and oxygen atoms in total. The van der Waals surface area contributed by atoms with Crippen molar-refractivity contribution in [2.45, 2.75) is 53.0 Å². The molecule has 0 rings (SSSR count). The summed E-state index contributed by atoms with van der Waals surface area (Å²) in [6.45, 7) is 8.04. The van der Waals surface area contributed by atoms with Gasteiger partial charge in [0.1, 0.15) is 0 Å². The van der Waals surface area contributed by atoms with E-state index in [1.807, 2.05) is 20.8 Å². The first-order valence-electron chi connectivity index (χ1n) is 6.41. The van der Waals surface area contributed by atoms with Crippen LogP contribution >= 0.6 is 0 Å². The van der Waals surface area contributed by atoms with Gasteiger partial charge >= 0.3 is 0 Å². The van der Waals surface area contributed by atoms with Crippen LogP contribution in [-0.2, 0) is 9.59 Å². The molecule has 100 valence electrons. The van der Waals surface area contributed by atoms with Gasteiger partial charge in [-0.1, -0.05) is 20.8 Å². The van der Waals surface area contributed by atoms with Crippen LogP contribution in [0.3, 0.4) is 0 Å². The van der Waals surface area contributed by atoms with Gasteiger partial charge in [0.05, 0.1) is 6.04 Å². The van der Waals surface area contributed by atoms with Crippen LogP contribution in [-0.4, -0.2) is 24.3 Å². The molecule has 0 spiro atoms. The van der Waals surface area contributed by atoms with Gasteiger partial charge in [-0.05, 0) is 38.6 Å². The lowest BCUT2D eigenvalue weighted by Gasteiger charge is -2.20. The number of carbonyl (C=O) groups is 2. The zero-order valence-electron chi connectivity index (χ0n) is 11.5. The van der Waals surface area contributed by atoms with E-state index in [1.54, 1.807) is 0 Å². The van der Waals surface area contributed by atoms with E-state index in [0.717, 1.165) is 12.8 Å². The van der Waals surface area contributed by atoms with Crippen molar-refractivity contribution in [2.24, 2.45) is 17.6 Å². The van der Waals surface area contributed by atoms with Gasteiger partial charge in [0, 0.05) is 5.92 Å². The lowest BCUT2D eigenvalue weighted by atomic mass is 9.96. The molecule has 0 fully saturated rings. The largest absolute Gasteiger partial charge is 0.346 e. The highest BCUT2D eigenvalue weighted by Crippen LogP contribution is 2.11. The van der Waals surface area contributed by atoms with Crippen molar-refractivity contribution in [1.82, 2.24) is 5.32 Å². The Morgan fingerprint density at radius 3 is 2.18 bits per heavy atom. The number of Topliss-reactive ketones (excluding diaryl/α,β-unsaturated/α-hetero) is 1. The fourth-order valence-corrected chi connectivity index (χ4v) is 1.48. The molecule has 0 unspecified atom stereocenters. The molecule has 0 aromatic heterocycles. The van der Waals surface area contributed by atoms with Gasteiger partial charge in [-0.15, -0.1) is 0 Å². The average molecular weight is 242 g/mol. The quantitative estimate of drug-likeness (QED) is 0.633. The van der Waals surface area contributed by atoms with E-state index < -0.39 is 0 Å². The van der Waals surface area contributed by atoms with Crippen molar-refractivity contribution < 1.29 is 9.59 Å². The van der Waals surface area contributed by atoms with Gasteiger partial charge in [-0.2, -0.15) is 0 Å². The molecule has 0 aromatic carbocycles. The Morgan fingerprint density at radius 2 is 1.76 bits per heavy atom. The molecule has 0 aliphatic carbocycles. The Bertz CT molecular complexity index is 252. The average Bonchev–Trinajstić information content (AvgIpc) is 2.26. The molecule has 0 aromatic rings. The number of hydrogen-bond acceptors (Lipinski definition) is 3. The van der Waals surface area contributed by atoms with Crippen LogP contribution in [0.15, 0.2) is 0 Å². The summed E-state index contributed by atoms with van der Waals surface area (Å²) >= 11 is 0. The third-order valence-corrected chi connectivity index (χ3v) is 3.17. The van der Waals surface area contributed by atoms with Gasteiger partial charge in [-0.25, -0.2) is 0 Å². The van der Waals surface area contributed by atoms with Crippen molar-refractivity contribution in [2.75, 3.05) is 6.54 Å². The number of ketones is 1. The van der Waals surface area contributed by atoms with Crippen molar-refractivity contribution in [3.05, 3.63) is 0 Å². The second-order valence-corrected chi connectivity index (χ2v) is 4.99. The highest BCUT2D eigenvalue weighted by atomic mass is 16.2. The summed E-state index contributed by atoms with van der Waals surface area (Å²) in [5.74, 6) is 0.206. The lowest BCUT2D eigenvalue weighted by Crippen LogP contribution is -2.43. The maximum atomic E-state index is 11.8. The highest BCUT2D eigenvalue weighted by Gasteiger charge is 2.22. The molecule has 4 heteroatoms. The Balaban J connectivity index is 4.25. The topological polar surface area (TPSA) is 72.2 Å². The second-order valence-electron chi connectivity index (χ2n) is 4.99. The summed E-state index contributed by atoms with van der Waals surface area (Å²) in [4.78, 5) is 23.3. The fraction of sp³-hybridized carbons (Fsp3) is 0.846. The molecule has 0 aliphatic rings. The van der Waals surface area contributed by atoms with Crippen LogP contribution in [0.25, 0.3) is 0 Å². The summed E-state index contributed by atoms with van der Waals surface area (Å²) in [5, 5.41) is 2.83. The monoisotopic (exact) mass is 242 g/mol. The summed E-state index contributed by atoms with van der Waals surface area (Å²) in [6.07, 6.45) is 2.44. The predicted molar refractivity (Wildman–Crippen MR) is 69.5 cm³/mol. The molecule has 0 heterocycles. The minimum Gasteiger partial charge on any atom is -0.346 e. The normalized spacial score (nSPS) is 14.5. The molecule has 2 atom stereocenters. The molecule has 17 heavy (non-hydrogen) atoms. The van der Waals surface area contributed by atoms with Gasteiger partial charge < -0.3 is 11.1 Å². The van der Waals surface area contributed by atoms with E-state index >= 15 is 0 Å². The first kappa shape index (κ1) is 16.1. The minimum atomic E-state index is -0.352. The zero-order valence-corrected chi connectivity index (χ0v) is 11.5. The first-order chi connectivity index (χ1) is 7.90. The Kier molecular flexibility index (Phi) is 7.79. The van der Waals surface area contributed by atoms with Crippen LogP contribution < -0.4 is 11.1 Å². The Morgan fingerprint density at radius 1 is 1.18 bits per heavy atom. The Hall–Kier alpha value is -0.900. The van der Waals surface area contributed by atoms with Gasteiger partial charge in [0.2, 0.25) is 5.91 Å². The molecule has 0 bridgehead atoms. The van der Waals surface area contributed by atoms with E-state index in [9.17, 15) is 9.59 Å². The molecule has 1 amide bonds. The molecule has 3 N–H and O–H groups in total. The van der Waals surface area contributed by atoms with Crippen LogP contribution in [0.4, 0.5) is 0 Å². The van der Waals surface area contributed by atoms with Crippen molar-refractivity contribution >= 4 is 11.7 Å². The van der Waals surface area contributed by atoms with E-state index in [-0.39, 0.29) is 29.6 Å². The number of rotatable bonds is 8. The third kappa shape index (κ3) is 6.41. The number of unbranched alkanes of at least 4 members (excludes halogenated alkanes) is 1. The van der Waals surface area contributed by atoms with Crippen molar-refractivity contribution in [1.29, 1.82) is 0 Å². The van der Waals surface area contributed by atoms with E-state index in [1.165, 1.54) is 6.92 Å². The summed E-state index contributed by atoms with van der Waals surface area (Å²) in [6, 6.07) is -0.352. The third-order valence-electron chi connectivity index (χ3n) is 3.17. The first-order valence-corrected chi connectivity index (χ1v) is 6.41. The minimum absolute atomic E-state index is 0.0197. The maximum absolute atomic E-state index is 11.8. The van der Waals surface area contributed by atoms with Crippen LogP contribution in [0, 0.1) is 11.8 Å². The highest BCUT2D eigenvalue weighted by molar-refractivity contribution is 5.88. The Labute approximate surface area is 104 Å². The van der Waals surface area contributed by atoms with Gasteiger partial charge in [0.15, 0.2) is 5.78 Å². The van der Waals surface area contributed by atoms with Crippen LogP contribution in [0.2, 0.25) is 0 Å². The second kappa shape index (κ2) is 8.23. The number of hydrogen-bond donors (Lipinski definition) is 2. The molecular weight excluding hydrogens is 216 g/mol. The predicted octanol–water partition coefficient (Wildman–Crippen LogP) is 1.48. The van der Waals surface area contributed by atoms with E-state index in [0.29, 0.717) is 13.0 Å². The van der Waals surface area contributed by atoms with Gasteiger partial charge in [-0.3, -0.25) is 9.59 Å². The van der Waals surface area contributed by atoms with Crippen LogP contribution in [0.1, 0.15) is 47.0 Å². The molecule has 0 radical (unpaired) electrons. The summed E-state index contributed by atoms with van der Waals surface area (Å²) < 4.78 is 0. The van der Waals surface area contributed by atoms with Crippen molar-refractivity contribution in [3.8, 4) is 0 Å². The number of nitrogens with two attached hydrogens (primary N) is 1. The number of amides is 1. The van der Waals surface area contributed by atoms with Crippen molar-refractivity contribution in [3.63, 3.8) is 0 Å². The van der Waals surface area contributed by atoms with Crippen LogP contribution in [0.5, 0.6) is 0 Å². The lowest BCUT2D eigenvalue weighted by molar-refractivity contribution is -0.130. The summed E-state index contributed by atoms with van der Waals surface area (Å²) in [5.41, 5.74) is 5.41. The van der Waals surface area contributed by atoms with Gasteiger partial charge in [0.25, 0.3) is 0 Å².